The fourth-order valence-electron chi connectivity index (χ4n) is 2.63. The minimum absolute atomic E-state index is 0.0404. The molecule has 0 saturated carbocycles. The first-order valence-corrected chi connectivity index (χ1v) is 11.0. The van der Waals surface area contributed by atoms with E-state index in [1.807, 2.05) is 6.92 Å². The van der Waals surface area contributed by atoms with Gasteiger partial charge in [-0.1, -0.05) is 0 Å². The lowest BCUT2D eigenvalue weighted by molar-refractivity contribution is 0.322. The second-order valence-corrected chi connectivity index (χ2v) is 7.76. The van der Waals surface area contributed by atoms with Gasteiger partial charge in [-0.25, -0.2) is 17.8 Å². The largest absolute Gasteiger partial charge is 0.494 e. The first-order valence-electron chi connectivity index (χ1n) is 9.50. The summed E-state index contributed by atoms with van der Waals surface area (Å²) in [5, 5.41) is 15.2. The van der Waals surface area contributed by atoms with Crippen LogP contribution in [-0.4, -0.2) is 54.7 Å². The fourth-order valence-corrected chi connectivity index (χ4v) is 3.82. The van der Waals surface area contributed by atoms with Crippen molar-refractivity contribution in [1.82, 2.24) is 24.7 Å². The van der Waals surface area contributed by atoms with Crippen molar-refractivity contribution >= 4 is 15.8 Å². The highest BCUT2D eigenvalue weighted by molar-refractivity contribution is 7.89. The molecule has 0 radical (unpaired) electrons. The van der Waals surface area contributed by atoms with Gasteiger partial charge in [0.1, 0.15) is 22.2 Å². The van der Waals surface area contributed by atoms with Gasteiger partial charge in [-0.15, -0.1) is 10.2 Å². The number of sulfonamides is 1. The third-order valence-electron chi connectivity index (χ3n) is 3.93. The van der Waals surface area contributed by atoms with Crippen molar-refractivity contribution in [3.05, 3.63) is 48.8 Å². The standard InChI is InChI=1S/C19H24N6O4S/c1-3-28-15-6-7-16(29-4-2)17(14-15)30(26,27)22-12-11-20-18-8-9-19(24-23-18)25-13-5-10-21-25/h5-10,13-14,22H,3-4,11-12H2,1-2H3,(H,20,23). The summed E-state index contributed by atoms with van der Waals surface area (Å²) in [5.74, 6) is 1.86. The maximum absolute atomic E-state index is 12.8. The number of nitrogens with one attached hydrogen (secondary N) is 2. The Bertz CT molecular complexity index is 1040. The molecule has 160 valence electrons. The normalized spacial score (nSPS) is 11.3. The van der Waals surface area contributed by atoms with Crippen molar-refractivity contribution in [3.63, 3.8) is 0 Å². The van der Waals surface area contributed by atoms with Gasteiger partial charge in [0.05, 0.1) is 13.2 Å². The highest BCUT2D eigenvalue weighted by atomic mass is 32.2. The molecule has 0 spiro atoms. The highest BCUT2D eigenvalue weighted by Gasteiger charge is 2.20. The zero-order valence-electron chi connectivity index (χ0n) is 16.8. The van der Waals surface area contributed by atoms with Gasteiger partial charge < -0.3 is 14.8 Å². The average molecular weight is 433 g/mol. The van der Waals surface area contributed by atoms with Gasteiger partial charge in [-0.05, 0) is 44.2 Å². The number of benzene rings is 1. The Balaban J connectivity index is 1.59. The molecule has 0 atom stereocenters. The molecule has 0 unspecified atom stereocenters. The van der Waals surface area contributed by atoms with Crippen LogP contribution in [0.3, 0.4) is 0 Å². The van der Waals surface area contributed by atoms with Gasteiger partial charge in [0.2, 0.25) is 10.0 Å². The van der Waals surface area contributed by atoms with Crippen LogP contribution in [0.5, 0.6) is 11.5 Å². The number of hydrogen-bond acceptors (Lipinski definition) is 8. The molecule has 0 fully saturated rings. The number of aromatic nitrogens is 4. The van der Waals surface area contributed by atoms with Gasteiger partial charge in [-0.2, -0.15) is 5.10 Å². The molecule has 11 heteroatoms. The molecule has 30 heavy (non-hydrogen) atoms. The Morgan fingerprint density at radius 3 is 2.53 bits per heavy atom. The summed E-state index contributed by atoms with van der Waals surface area (Å²) in [6.07, 6.45) is 3.42. The van der Waals surface area contributed by atoms with E-state index in [0.29, 0.717) is 37.1 Å². The quantitative estimate of drug-likeness (QED) is 0.441. The summed E-state index contributed by atoms with van der Waals surface area (Å²) in [4.78, 5) is 0.0404. The van der Waals surface area contributed by atoms with Gasteiger partial charge in [-0.3, -0.25) is 0 Å². The summed E-state index contributed by atoms with van der Waals surface area (Å²) in [6.45, 7) is 4.89. The van der Waals surface area contributed by atoms with Crippen molar-refractivity contribution in [1.29, 1.82) is 0 Å². The summed E-state index contributed by atoms with van der Waals surface area (Å²) < 4.78 is 40.5. The molecule has 3 rings (SSSR count). The molecule has 0 amide bonds. The third kappa shape index (κ3) is 5.45. The smallest absolute Gasteiger partial charge is 0.244 e. The van der Waals surface area contributed by atoms with E-state index in [9.17, 15) is 8.42 Å². The zero-order valence-corrected chi connectivity index (χ0v) is 17.6. The van der Waals surface area contributed by atoms with E-state index >= 15 is 0 Å². The number of ether oxygens (including phenoxy) is 2. The molecule has 0 aliphatic heterocycles. The van der Waals surface area contributed by atoms with Crippen molar-refractivity contribution < 1.29 is 17.9 Å². The summed E-state index contributed by atoms with van der Waals surface area (Å²) in [7, 11) is -3.79. The van der Waals surface area contributed by atoms with Crippen LogP contribution in [0, 0.1) is 0 Å². The predicted molar refractivity (Wildman–Crippen MR) is 112 cm³/mol. The lowest BCUT2D eigenvalue weighted by Crippen LogP contribution is -2.29. The first-order chi connectivity index (χ1) is 14.5. The van der Waals surface area contributed by atoms with E-state index in [4.69, 9.17) is 9.47 Å². The lowest BCUT2D eigenvalue weighted by atomic mass is 10.3. The first kappa shape index (κ1) is 21.5. The van der Waals surface area contributed by atoms with E-state index < -0.39 is 10.0 Å². The second-order valence-electron chi connectivity index (χ2n) is 6.03. The molecule has 0 bridgehead atoms. The monoisotopic (exact) mass is 432 g/mol. The number of rotatable bonds is 11. The lowest BCUT2D eigenvalue weighted by Gasteiger charge is -2.14. The van der Waals surface area contributed by atoms with Gasteiger partial charge >= 0.3 is 0 Å². The maximum Gasteiger partial charge on any atom is 0.244 e. The van der Waals surface area contributed by atoms with Crippen molar-refractivity contribution in [3.8, 4) is 17.3 Å². The van der Waals surface area contributed by atoms with Crippen molar-refractivity contribution in [2.75, 3.05) is 31.6 Å². The topological polar surface area (TPSA) is 120 Å². The van der Waals surface area contributed by atoms with Crippen LogP contribution in [0.2, 0.25) is 0 Å². The molecule has 0 saturated heterocycles. The number of nitrogens with zero attached hydrogens (tertiary/aromatic N) is 4. The summed E-state index contributed by atoms with van der Waals surface area (Å²) in [5.41, 5.74) is 0. The molecule has 2 N–H and O–H groups in total. The molecule has 2 aromatic heterocycles. The fraction of sp³-hybridized carbons (Fsp3) is 0.316. The Kier molecular flexibility index (Phi) is 7.20. The Hall–Kier alpha value is -3.18. The van der Waals surface area contributed by atoms with E-state index in [1.165, 1.54) is 6.07 Å². The van der Waals surface area contributed by atoms with Crippen LogP contribution in [-0.2, 0) is 10.0 Å². The Morgan fingerprint density at radius 2 is 1.87 bits per heavy atom. The third-order valence-corrected chi connectivity index (χ3v) is 5.41. The van der Waals surface area contributed by atoms with Gasteiger partial charge in [0.25, 0.3) is 0 Å². The van der Waals surface area contributed by atoms with E-state index in [1.54, 1.807) is 54.3 Å². The predicted octanol–water partition coefficient (Wildman–Crippen LogP) is 1.85. The van der Waals surface area contributed by atoms with Crippen LogP contribution in [0.1, 0.15) is 13.8 Å². The van der Waals surface area contributed by atoms with Crippen LogP contribution >= 0.6 is 0 Å². The SMILES string of the molecule is CCOc1ccc(OCC)c(S(=O)(=O)NCCNc2ccc(-n3cccn3)nn2)c1. The minimum atomic E-state index is -3.79. The molecule has 2 heterocycles. The van der Waals surface area contributed by atoms with Crippen LogP contribution in [0.25, 0.3) is 5.82 Å². The van der Waals surface area contributed by atoms with E-state index in [-0.39, 0.29) is 17.2 Å². The van der Waals surface area contributed by atoms with E-state index in [2.05, 4.69) is 25.3 Å². The Labute approximate surface area is 175 Å². The molecule has 0 aliphatic carbocycles. The van der Waals surface area contributed by atoms with E-state index in [0.717, 1.165) is 0 Å². The minimum Gasteiger partial charge on any atom is -0.494 e. The molecule has 10 nitrogen and oxygen atoms in total. The number of anilines is 1. The maximum atomic E-state index is 12.8. The van der Waals surface area contributed by atoms with Crippen LogP contribution in [0.4, 0.5) is 5.82 Å². The number of hydrogen-bond donors (Lipinski definition) is 2. The molecule has 1 aromatic carbocycles. The molecular weight excluding hydrogens is 408 g/mol. The summed E-state index contributed by atoms with van der Waals surface area (Å²) >= 11 is 0. The molecule has 0 aliphatic rings. The van der Waals surface area contributed by atoms with Crippen LogP contribution in [0.15, 0.2) is 53.7 Å². The van der Waals surface area contributed by atoms with Crippen molar-refractivity contribution in [2.24, 2.45) is 0 Å². The highest BCUT2D eigenvalue weighted by Crippen LogP contribution is 2.28. The second kappa shape index (κ2) is 10.0. The summed E-state index contributed by atoms with van der Waals surface area (Å²) in [6, 6.07) is 10.0. The zero-order chi connectivity index (χ0) is 21.4. The van der Waals surface area contributed by atoms with Crippen LogP contribution < -0.4 is 19.5 Å². The van der Waals surface area contributed by atoms with Crippen molar-refractivity contribution in [2.45, 2.75) is 18.7 Å². The molecular formula is C19H24N6O4S. The average Bonchev–Trinajstić information content (AvgIpc) is 3.28. The van der Waals surface area contributed by atoms with Gasteiger partial charge in [0, 0.05) is 31.5 Å². The van der Waals surface area contributed by atoms with Gasteiger partial charge in [0.15, 0.2) is 5.82 Å². The molecule has 3 aromatic rings. The Morgan fingerprint density at radius 1 is 1.03 bits per heavy atom.